The molecule has 0 amide bonds. The van der Waals surface area contributed by atoms with E-state index in [2.05, 4.69) is 9.88 Å². The van der Waals surface area contributed by atoms with E-state index in [1.165, 1.54) is 19.3 Å². The van der Waals surface area contributed by atoms with Gasteiger partial charge in [0.05, 0.1) is 6.61 Å². The van der Waals surface area contributed by atoms with Crippen LogP contribution in [0.15, 0.2) is 0 Å². The van der Waals surface area contributed by atoms with Gasteiger partial charge in [-0.3, -0.25) is 0 Å². The molecule has 2 unspecified atom stereocenters. The standard InChI is InChI=1S/C14H20N2O2S/c1-3-18-13(17)12-9(2)19-14(15-12)16-7-10-5-4-6-11(10)8-16/h10-11H,3-8H2,1-2H3. The van der Waals surface area contributed by atoms with Gasteiger partial charge >= 0.3 is 5.97 Å². The normalized spacial score (nSPS) is 25.7. The molecule has 0 bridgehead atoms. The second kappa shape index (κ2) is 5.12. The summed E-state index contributed by atoms with van der Waals surface area (Å²) in [7, 11) is 0. The highest BCUT2D eigenvalue weighted by molar-refractivity contribution is 7.15. The van der Waals surface area contributed by atoms with E-state index in [4.69, 9.17) is 4.74 Å². The molecule has 1 aliphatic carbocycles. The first-order chi connectivity index (χ1) is 9.19. The number of anilines is 1. The van der Waals surface area contributed by atoms with Crippen molar-refractivity contribution in [1.29, 1.82) is 0 Å². The van der Waals surface area contributed by atoms with E-state index in [1.54, 1.807) is 11.3 Å². The topological polar surface area (TPSA) is 42.4 Å². The molecule has 0 radical (unpaired) electrons. The lowest BCUT2D eigenvalue weighted by molar-refractivity contribution is 0.0519. The van der Waals surface area contributed by atoms with Crippen molar-refractivity contribution >= 4 is 22.4 Å². The molecule has 1 saturated heterocycles. The molecule has 3 rings (SSSR count). The molecule has 0 aromatic carbocycles. The van der Waals surface area contributed by atoms with Gasteiger partial charge in [0.1, 0.15) is 0 Å². The fourth-order valence-corrected chi connectivity index (χ4v) is 4.21. The fourth-order valence-electron chi connectivity index (χ4n) is 3.30. The first kappa shape index (κ1) is 12.9. The van der Waals surface area contributed by atoms with Crippen LogP contribution in [0, 0.1) is 18.8 Å². The van der Waals surface area contributed by atoms with Crippen LogP contribution in [0.4, 0.5) is 5.13 Å². The number of carbonyl (C=O) groups is 1. The molecular weight excluding hydrogens is 260 g/mol. The molecule has 1 saturated carbocycles. The Bertz CT molecular complexity index is 474. The summed E-state index contributed by atoms with van der Waals surface area (Å²) < 4.78 is 5.05. The van der Waals surface area contributed by atoms with Crippen LogP contribution in [0.3, 0.4) is 0 Å². The maximum atomic E-state index is 11.8. The average molecular weight is 280 g/mol. The lowest BCUT2D eigenvalue weighted by Crippen LogP contribution is -2.20. The summed E-state index contributed by atoms with van der Waals surface area (Å²) in [6.45, 7) is 6.39. The Kier molecular flexibility index (Phi) is 3.48. The third kappa shape index (κ3) is 2.36. The van der Waals surface area contributed by atoms with E-state index in [0.29, 0.717) is 12.3 Å². The highest BCUT2D eigenvalue weighted by Gasteiger charge is 2.37. The number of thiazole rings is 1. The molecule has 2 fully saturated rings. The lowest BCUT2D eigenvalue weighted by atomic mass is 10.0. The zero-order chi connectivity index (χ0) is 13.4. The predicted octanol–water partition coefficient (Wildman–Crippen LogP) is 2.86. The molecule has 0 spiro atoms. The number of aromatic nitrogens is 1. The summed E-state index contributed by atoms with van der Waals surface area (Å²) in [5.74, 6) is 1.40. The van der Waals surface area contributed by atoms with Crippen molar-refractivity contribution in [2.75, 3.05) is 24.6 Å². The minimum atomic E-state index is -0.290. The van der Waals surface area contributed by atoms with Crippen LogP contribution in [0.5, 0.6) is 0 Å². The monoisotopic (exact) mass is 280 g/mol. The van der Waals surface area contributed by atoms with Crippen molar-refractivity contribution in [2.24, 2.45) is 11.8 Å². The van der Waals surface area contributed by atoms with Gasteiger partial charge in [0.25, 0.3) is 0 Å². The second-order valence-corrected chi connectivity index (χ2v) is 6.66. The van der Waals surface area contributed by atoms with Crippen molar-refractivity contribution in [2.45, 2.75) is 33.1 Å². The second-order valence-electron chi connectivity index (χ2n) is 5.48. The summed E-state index contributed by atoms with van der Waals surface area (Å²) in [5, 5.41) is 0.995. The Labute approximate surface area is 117 Å². The van der Waals surface area contributed by atoms with Gasteiger partial charge in [0.15, 0.2) is 10.8 Å². The predicted molar refractivity (Wildman–Crippen MR) is 75.9 cm³/mol. The van der Waals surface area contributed by atoms with Crippen LogP contribution >= 0.6 is 11.3 Å². The molecule has 1 aliphatic heterocycles. The highest BCUT2D eigenvalue weighted by Crippen LogP contribution is 2.40. The summed E-state index contributed by atoms with van der Waals surface area (Å²) in [6, 6.07) is 0. The molecule has 1 aromatic heterocycles. The van der Waals surface area contributed by atoms with Gasteiger partial charge in [0.2, 0.25) is 0 Å². The average Bonchev–Trinajstić information content (AvgIpc) is 3.01. The minimum Gasteiger partial charge on any atom is -0.461 e. The molecule has 2 atom stereocenters. The summed E-state index contributed by atoms with van der Waals surface area (Å²) in [5.41, 5.74) is 0.499. The van der Waals surface area contributed by atoms with Gasteiger partial charge < -0.3 is 9.64 Å². The van der Waals surface area contributed by atoms with Crippen molar-refractivity contribution in [3.8, 4) is 0 Å². The largest absolute Gasteiger partial charge is 0.461 e. The van der Waals surface area contributed by atoms with Gasteiger partial charge in [-0.25, -0.2) is 9.78 Å². The maximum Gasteiger partial charge on any atom is 0.358 e. The third-order valence-corrected chi connectivity index (χ3v) is 5.28. The Balaban J connectivity index is 1.76. The smallest absolute Gasteiger partial charge is 0.358 e. The Hall–Kier alpha value is -1.10. The summed E-state index contributed by atoms with van der Waals surface area (Å²) in [4.78, 5) is 19.6. The first-order valence-corrected chi connectivity index (χ1v) is 7.90. The SMILES string of the molecule is CCOC(=O)c1nc(N2CC3CCCC3C2)sc1C. The zero-order valence-electron chi connectivity index (χ0n) is 11.5. The van der Waals surface area contributed by atoms with Crippen LogP contribution < -0.4 is 4.90 Å². The van der Waals surface area contributed by atoms with Crippen molar-refractivity contribution in [3.05, 3.63) is 10.6 Å². The van der Waals surface area contributed by atoms with Crippen LogP contribution in [-0.4, -0.2) is 30.6 Å². The summed E-state index contributed by atoms with van der Waals surface area (Å²) >= 11 is 1.62. The number of fused-ring (bicyclic) bond motifs is 1. The quantitative estimate of drug-likeness (QED) is 0.798. The third-order valence-electron chi connectivity index (χ3n) is 4.25. The molecule has 5 heteroatoms. The number of esters is 1. The summed E-state index contributed by atoms with van der Waals surface area (Å²) in [6.07, 6.45) is 4.10. The van der Waals surface area contributed by atoms with E-state index in [1.807, 2.05) is 13.8 Å². The van der Waals surface area contributed by atoms with Gasteiger partial charge in [-0.2, -0.15) is 0 Å². The van der Waals surface area contributed by atoms with Crippen molar-refractivity contribution in [3.63, 3.8) is 0 Å². The fraction of sp³-hybridized carbons (Fsp3) is 0.714. The number of nitrogens with zero attached hydrogens (tertiary/aromatic N) is 2. The molecule has 4 nitrogen and oxygen atoms in total. The van der Waals surface area contributed by atoms with Crippen molar-refractivity contribution < 1.29 is 9.53 Å². The molecule has 1 aromatic rings. The van der Waals surface area contributed by atoms with Crippen LogP contribution in [-0.2, 0) is 4.74 Å². The minimum absolute atomic E-state index is 0.290. The molecule has 19 heavy (non-hydrogen) atoms. The molecule has 2 heterocycles. The van der Waals surface area contributed by atoms with E-state index in [0.717, 1.165) is 34.9 Å². The molecular formula is C14H20N2O2S. The maximum absolute atomic E-state index is 11.8. The van der Waals surface area contributed by atoms with E-state index >= 15 is 0 Å². The van der Waals surface area contributed by atoms with E-state index in [-0.39, 0.29) is 5.97 Å². The number of ether oxygens (including phenoxy) is 1. The van der Waals surface area contributed by atoms with E-state index in [9.17, 15) is 4.79 Å². The Morgan fingerprint density at radius 3 is 2.74 bits per heavy atom. The highest BCUT2D eigenvalue weighted by atomic mass is 32.1. The van der Waals surface area contributed by atoms with Crippen LogP contribution in [0.2, 0.25) is 0 Å². The zero-order valence-corrected chi connectivity index (χ0v) is 12.3. The molecule has 104 valence electrons. The number of aryl methyl sites for hydroxylation is 1. The number of hydrogen-bond donors (Lipinski definition) is 0. The van der Waals surface area contributed by atoms with Gasteiger partial charge in [-0.1, -0.05) is 6.42 Å². The number of rotatable bonds is 3. The van der Waals surface area contributed by atoms with Crippen LogP contribution in [0.1, 0.15) is 41.6 Å². The number of carbonyl (C=O) groups excluding carboxylic acids is 1. The van der Waals surface area contributed by atoms with Gasteiger partial charge in [0, 0.05) is 18.0 Å². The van der Waals surface area contributed by atoms with Crippen LogP contribution in [0.25, 0.3) is 0 Å². The Morgan fingerprint density at radius 1 is 1.42 bits per heavy atom. The molecule has 0 N–H and O–H groups in total. The first-order valence-electron chi connectivity index (χ1n) is 7.08. The lowest BCUT2D eigenvalue weighted by Gasteiger charge is -2.15. The van der Waals surface area contributed by atoms with Crippen molar-refractivity contribution in [1.82, 2.24) is 4.98 Å². The number of hydrogen-bond acceptors (Lipinski definition) is 5. The van der Waals surface area contributed by atoms with Gasteiger partial charge in [-0.15, -0.1) is 11.3 Å². The van der Waals surface area contributed by atoms with E-state index < -0.39 is 0 Å². The van der Waals surface area contributed by atoms with Gasteiger partial charge in [-0.05, 0) is 38.5 Å². The Morgan fingerprint density at radius 2 is 2.11 bits per heavy atom. The molecule has 2 aliphatic rings.